The first kappa shape index (κ1) is 18.9. The first-order valence-corrected chi connectivity index (χ1v) is 8.22. The van der Waals surface area contributed by atoms with E-state index in [-0.39, 0.29) is 18.7 Å². The van der Waals surface area contributed by atoms with E-state index >= 15 is 0 Å². The molecule has 0 heterocycles. The van der Waals surface area contributed by atoms with Gasteiger partial charge in [0.05, 0.1) is 12.6 Å². The molecule has 25 heavy (non-hydrogen) atoms. The molecular weight excluding hydrogens is 326 g/mol. The van der Waals surface area contributed by atoms with Crippen LogP contribution in [0, 0.1) is 11.6 Å². The van der Waals surface area contributed by atoms with Gasteiger partial charge < -0.3 is 15.7 Å². The molecule has 4 nitrogen and oxygen atoms in total. The maximum absolute atomic E-state index is 14.0. The standard InChI is InChI=1S/C19H22F2N2O2/c1-2-5-18(16-9-8-15(20)10-17(16)21)23-19(25)22-11-13-6-3-4-7-14(13)12-24/h3-4,6-10,18,24H,2,5,11-12H2,1H3,(H2,22,23,25). The Morgan fingerprint density at radius 3 is 2.52 bits per heavy atom. The second-order valence-electron chi connectivity index (χ2n) is 5.76. The van der Waals surface area contributed by atoms with Crippen LogP contribution in [0.1, 0.15) is 42.5 Å². The van der Waals surface area contributed by atoms with Crippen molar-refractivity contribution < 1.29 is 18.7 Å². The van der Waals surface area contributed by atoms with Gasteiger partial charge in [0.1, 0.15) is 11.6 Å². The highest BCUT2D eigenvalue weighted by Gasteiger charge is 2.18. The van der Waals surface area contributed by atoms with E-state index in [1.165, 1.54) is 12.1 Å². The van der Waals surface area contributed by atoms with E-state index in [9.17, 15) is 18.7 Å². The van der Waals surface area contributed by atoms with Crippen LogP contribution in [0.4, 0.5) is 13.6 Å². The molecule has 3 N–H and O–H groups in total. The summed E-state index contributed by atoms with van der Waals surface area (Å²) in [7, 11) is 0. The molecule has 2 aromatic rings. The van der Waals surface area contributed by atoms with E-state index in [1.807, 2.05) is 25.1 Å². The van der Waals surface area contributed by atoms with Gasteiger partial charge in [-0.15, -0.1) is 0 Å². The highest BCUT2D eigenvalue weighted by Crippen LogP contribution is 2.22. The Balaban J connectivity index is 2.02. The number of hydrogen-bond donors (Lipinski definition) is 3. The molecule has 2 rings (SSSR count). The van der Waals surface area contributed by atoms with Crippen molar-refractivity contribution in [2.75, 3.05) is 0 Å². The van der Waals surface area contributed by atoms with E-state index in [0.29, 0.717) is 6.42 Å². The maximum atomic E-state index is 14.0. The van der Waals surface area contributed by atoms with E-state index in [1.54, 1.807) is 6.07 Å². The molecule has 1 unspecified atom stereocenters. The molecule has 0 spiro atoms. The van der Waals surface area contributed by atoms with Gasteiger partial charge in [-0.2, -0.15) is 0 Å². The average molecular weight is 348 g/mol. The van der Waals surface area contributed by atoms with Gasteiger partial charge in [-0.05, 0) is 23.6 Å². The lowest BCUT2D eigenvalue weighted by Gasteiger charge is -2.20. The first-order valence-electron chi connectivity index (χ1n) is 8.22. The number of hydrogen-bond acceptors (Lipinski definition) is 2. The number of aliphatic hydroxyl groups is 1. The fourth-order valence-electron chi connectivity index (χ4n) is 2.65. The predicted molar refractivity (Wildman–Crippen MR) is 91.7 cm³/mol. The van der Waals surface area contributed by atoms with Crippen molar-refractivity contribution in [1.82, 2.24) is 10.6 Å². The minimum atomic E-state index is -0.677. The number of carbonyl (C=O) groups excluding carboxylic acids is 1. The summed E-state index contributed by atoms with van der Waals surface area (Å²) >= 11 is 0. The zero-order valence-corrected chi connectivity index (χ0v) is 14.1. The Bertz CT molecular complexity index is 722. The van der Waals surface area contributed by atoms with Crippen molar-refractivity contribution in [3.05, 3.63) is 70.8 Å². The molecule has 2 aromatic carbocycles. The van der Waals surface area contributed by atoms with Gasteiger partial charge in [-0.3, -0.25) is 0 Å². The van der Waals surface area contributed by atoms with Crippen LogP contribution in [-0.4, -0.2) is 11.1 Å². The number of nitrogens with one attached hydrogen (secondary N) is 2. The van der Waals surface area contributed by atoms with Gasteiger partial charge in [-0.1, -0.05) is 43.7 Å². The molecule has 0 aromatic heterocycles. The van der Waals surface area contributed by atoms with Crippen molar-refractivity contribution >= 4 is 6.03 Å². The quantitative estimate of drug-likeness (QED) is 0.713. The summed E-state index contributed by atoms with van der Waals surface area (Å²) in [6, 6.07) is 9.58. The number of carbonyl (C=O) groups is 1. The lowest BCUT2D eigenvalue weighted by molar-refractivity contribution is 0.235. The van der Waals surface area contributed by atoms with Crippen LogP contribution in [0.3, 0.4) is 0 Å². The third-order valence-electron chi connectivity index (χ3n) is 3.95. The van der Waals surface area contributed by atoms with Crippen molar-refractivity contribution in [1.29, 1.82) is 0 Å². The van der Waals surface area contributed by atoms with Crippen LogP contribution in [0.2, 0.25) is 0 Å². The highest BCUT2D eigenvalue weighted by molar-refractivity contribution is 5.74. The minimum absolute atomic E-state index is 0.112. The van der Waals surface area contributed by atoms with Crippen LogP contribution >= 0.6 is 0 Å². The summed E-state index contributed by atoms with van der Waals surface area (Å²) in [6.07, 6.45) is 1.26. The van der Waals surface area contributed by atoms with E-state index in [2.05, 4.69) is 10.6 Å². The lowest BCUT2D eigenvalue weighted by Crippen LogP contribution is -2.38. The van der Waals surface area contributed by atoms with Crippen molar-refractivity contribution in [2.45, 2.75) is 39.0 Å². The number of aliphatic hydroxyl groups excluding tert-OH is 1. The largest absolute Gasteiger partial charge is 0.392 e. The normalized spacial score (nSPS) is 11.8. The van der Waals surface area contributed by atoms with Gasteiger partial charge in [0.2, 0.25) is 0 Å². The Hall–Kier alpha value is -2.47. The SMILES string of the molecule is CCCC(NC(=O)NCc1ccccc1CO)c1ccc(F)cc1F. The predicted octanol–water partition coefficient (Wildman–Crippen LogP) is 3.80. The Kier molecular flexibility index (Phi) is 6.89. The Morgan fingerprint density at radius 1 is 1.16 bits per heavy atom. The lowest BCUT2D eigenvalue weighted by atomic mass is 10.0. The fourth-order valence-corrected chi connectivity index (χ4v) is 2.65. The molecule has 0 saturated heterocycles. The second-order valence-corrected chi connectivity index (χ2v) is 5.76. The Morgan fingerprint density at radius 2 is 1.88 bits per heavy atom. The molecule has 0 bridgehead atoms. The van der Waals surface area contributed by atoms with Gasteiger partial charge in [0.25, 0.3) is 0 Å². The molecule has 0 fully saturated rings. The average Bonchev–Trinajstić information content (AvgIpc) is 2.60. The van der Waals surface area contributed by atoms with Gasteiger partial charge >= 0.3 is 6.03 Å². The summed E-state index contributed by atoms with van der Waals surface area (Å²) in [6.45, 7) is 2.05. The molecule has 2 amide bonds. The van der Waals surface area contributed by atoms with Gasteiger partial charge in [0, 0.05) is 18.2 Å². The minimum Gasteiger partial charge on any atom is -0.392 e. The number of amides is 2. The summed E-state index contributed by atoms with van der Waals surface area (Å²) in [5.41, 5.74) is 1.80. The fraction of sp³-hybridized carbons (Fsp3) is 0.316. The van der Waals surface area contributed by atoms with Crippen LogP contribution < -0.4 is 10.6 Å². The molecule has 134 valence electrons. The maximum Gasteiger partial charge on any atom is 0.315 e. The van der Waals surface area contributed by atoms with Crippen LogP contribution in [0.5, 0.6) is 0 Å². The zero-order valence-electron chi connectivity index (χ0n) is 14.1. The number of urea groups is 1. The molecule has 6 heteroatoms. The van der Waals surface area contributed by atoms with Crippen molar-refractivity contribution in [3.63, 3.8) is 0 Å². The number of rotatable bonds is 7. The Labute approximate surface area is 145 Å². The highest BCUT2D eigenvalue weighted by atomic mass is 19.1. The third kappa shape index (κ3) is 5.26. The third-order valence-corrected chi connectivity index (χ3v) is 3.95. The van der Waals surface area contributed by atoms with E-state index in [0.717, 1.165) is 23.6 Å². The van der Waals surface area contributed by atoms with Crippen molar-refractivity contribution in [2.24, 2.45) is 0 Å². The topological polar surface area (TPSA) is 61.4 Å². The van der Waals surface area contributed by atoms with E-state index in [4.69, 9.17) is 0 Å². The van der Waals surface area contributed by atoms with Gasteiger partial charge in [-0.25, -0.2) is 13.6 Å². The van der Waals surface area contributed by atoms with E-state index < -0.39 is 23.7 Å². The zero-order chi connectivity index (χ0) is 18.2. The molecule has 0 radical (unpaired) electrons. The molecule has 0 aliphatic heterocycles. The summed E-state index contributed by atoms with van der Waals surface area (Å²) in [4.78, 5) is 12.2. The van der Waals surface area contributed by atoms with Gasteiger partial charge in [0.15, 0.2) is 0 Å². The van der Waals surface area contributed by atoms with Crippen LogP contribution in [-0.2, 0) is 13.2 Å². The first-order chi connectivity index (χ1) is 12.0. The molecular formula is C19H22F2N2O2. The summed E-state index contributed by atoms with van der Waals surface area (Å²) in [5, 5.41) is 14.7. The number of halogens is 2. The molecule has 0 aliphatic carbocycles. The molecule has 0 saturated carbocycles. The summed E-state index contributed by atoms with van der Waals surface area (Å²) < 4.78 is 27.1. The smallest absolute Gasteiger partial charge is 0.315 e. The van der Waals surface area contributed by atoms with Crippen LogP contribution in [0.15, 0.2) is 42.5 Å². The second kappa shape index (κ2) is 9.13. The molecule has 1 atom stereocenters. The summed E-state index contributed by atoms with van der Waals surface area (Å²) in [5.74, 6) is -1.33. The van der Waals surface area contributed by atoms with Crippen LogP contribution in [0.25, 0.3) is 0 Å². The van der Waals surface area contributed by atoms with Crippen molar-refractivity contribution in [3.8, 4) is 0 Å². The monoisotopic (exact) mass is 348 g/mol. The number of benzene rings is 2. The molecule has 0 aliphatic rings.